The molecular formula is C14H18FN3OS2. The predicted molar refractivity (Wildman–Crippen MR) is 87.8 cm³/mol. The molecule has 0 spiro atoms. The number of nitrogen functional groups attached to an aromatic ring is 1. The third-order valence-electron chi connectivity index (χ3n) is 3.15. The first kappa shape index (κ1) is 16.2. The molecule has 7 heteroatoms. The Hall–Kier alpha value is -1.15. The summed E-state index contributed by atoms with van der Waals surface area (Å²) in [6, 6.07) is 4.87. The Morgan fingerprint density at radius 3 is 2.95 bits per heavy atom. The normalized spacial score (nSPS) is 12.6. The van der Waals surface area contributed by atoms with Crippen LogP contribution >= 0.6 is 23.1 Å². The van der Waals surface area contributed by atoms with E-state index in [1.54, 1.807) is 17.8 Å². The van der Waals surface area contributed by atoms with Crippen LogP contribution < -0.4 is 17.0 Å². The zero-order chi connectivity index (χ0) is 15.4. The van der Waals surface area contributed by atoms with Crippen LogP contribution in [0.2, 0.25) is 0 Å². The van der Waals surface area contributed by atoms with Crippen LogP contribution in [0.15, 0.2) is 18.2 Å². The Kier molecular flexibility index (Phi) is 5.58. The minimum absolute atomic E-state index is 0.303. The molecule has 0 bridgehead atoms. The molecule has 114 valence electrons. The van der Waals surface area contributed by atoms with Crippen molar-refractivity contribution in [3.8, 4) is 0 Å². The van der Waals surface area contributed by atoms with Gasteiger partial charge in [-0.2, -0.15) is 11.8 Å². The summed E-state index contributed by atoms with van der Waals surface area (Å²) in [6.07, 6.45) is 0. The summed E-state index contributed by atoms with van der Waals surface area (Å²) in [5.41, 5.74) is 8.44. The number of carbonyl (C=O) groups excluding carboxylic acids is 1. The topological polar surface area (TPSA) is 81.1 Å². The van der Waals surface area contributed by atoms with Crippen molar-refractivity contribution < 1.29 is 9.18 Å². The Balaban J connectivity index is 2.35. The Bertz CT molecular complexity index is 644. The van der Waals surface area contributed by atoms with Crippen LogP contribution in [0.25, 0.3) is 10.1 Å². The number of halogens is 1. The van der Waals surface area contributed by atoms with Crippen LogP contribution in [0.1, 0.15) is 22.2 Å². The van der Waals surface area contributed by atoms with Crippen molar-refractivity contribution >= 4 is 39.1 Å². The van der Waals surface area contributed by atoms with Crippen molar-refractivity contribution in [2.45, 2.75) is 12.7 Å². The fourth-order valence-corrected chi connectivity index (χ4v) is 4.36. The molecule has 1 heterocycles. The highest BCUT2D eigenvalue weighted by Gasteiger charge is 2.20. The van der Waals surface area contributed by atoms with E-state index < -0.39 is 0 Å². The smallest absolute Gasteiger partial charge is 0.275 e. The van der Waals surface area contributed by atoms with Gasteiger partial charge in [0.2, 0.25) is 0 Å². The first-order chi connectivity index (χ1) is 10.1. The number of benzene rings is 1. The summed E-state index contributed by atoms with van der Waals surface area (Å²) in [6.45, 7) is 2.68. The van der Waals surface area contributed by atoms with E-state index in [1.807, 2.05) is 6.07 Å². The molecule has 0 fully saturated rings. The average Bonchev–Trinajstić information content (AvgIpc) is 2.86. The quantitative estimate of drug-likeness (QED) is 0.432. The van der Waals surface area contributed by atoms with Crippen molar-refractivity contribution in [2.75, 3.05) is 12.3 Å². The molecule has 5 N–H and O–H groups in total. The average molecular weight is 327 g/mol. The van der Waals surface area contributed by atoms with Crippen LogP contribution in [0.4, 0.5) is 4.39 Å². The second-order valence-electron chi connectivity index (χ2n) is 4.85. The highest BCUT2D eigenvalue weighted by molar-refractivity contribution is 7.98. The zero-order valence-electron chi connectivity index (χ0n) is 11.7. The van der Waals surface area contributed by atoms with Gasteiger partial charge in [-0.15, -0.1) is 11.3 Å². The van der Waals surface area contributed by atoms with Crippen LogP contribution in [-0.2, 0) is 5.75 Å². The van der Waals surface area contributed by atoms with Crippen LogP contribution in [-0.4, -0.2) is 18.2 Å². The van der Waals surface area contributed by atoms with Crippen molar-refractivity contribution in [1.82, 2.24) is 5.43 Å². The Morgan fingerprint density at radius 2 is 2.29 bits per heavy atom. The highest BCUT2D eigenvalue weighted by Crippen LogP contribution is 2.35. The van der Waals surface area contributed by atoms with Crippen LogP contribution in [0, 0.1) is 11.7 Å². The van der Waals surface area contributed by atoms with E-state index in [2.05, 4.69) is 12.3 Å². The van der Waals surface area contributed by atoms with Gasteiger partial charge in [0.15, 0.2) is 0 Å². The number of amides is 1. The van der Waals surface area contributed by atoms with Gasteiger partial charge in [0, 0.05) is 15.8 Å². The molecule has 21 heavy (non-hydrogen) atoms. The van der Waals surface area contributed by atoms with Gasteiger partial charge < -0.3 is 5.73 Å². The second-order valence-corrected chi connectivity index (χ2v) is 6.93. The first-order valence-corrected chi connectivity index (χ1v) is 8.54. The largest absolute Gasteiger partial charge is 0.330 e. The molecule has 1 atom stereocenters. The Labute approximate surface area is 131 Å². The fourth-order valence-electron chi connectivity index (χ4n) is 1.98. The summed E-state index contributed by atoms with van der Waals surface area (Å²) in [7, 11) is 0. The van der Waals surface area contributed by atoms with Gasteiger partial charge in [-0.1, -0.05) is 13.0 Å². The third-order valence-corrected chi connectivity index (χ3v) is 5.65. The molecule has 1 unspecified atom stereocenters. The third kappa shape index (κ3) is 3.55. The number of rotatable bonds is 6. The molecular weight excluding hydrogens is 309 g/mol. The van der Waals surface area contributed by atoms with Gasteiger partial charge >= 0.3 is 0 Å². The number of thioether (sulfide) groups is 1. The van der Waals surface area contributed by atoms with E-state index in [0.29, 0.717) is 34.0 Å². The number of carbonyl (C=O) groups is 1. The summed E-state index contributed by atoms with van der Waals surface area (Å²) >= 11 is 2.91. The van der Waals surface area contributed by atoms with E-state index in [9.17, 15) is 9.18 Å². The summed E-state index contributed by atoms with van der Waals surface area (Å²) in [5, 5.41) is 0.522. The van der Waals surface area contributed by atoms with Gasteiger partial charge in [-0.3, -0.25) is 10.2 Å². The number of fused-ring (bicyclic) bond motifs is 1. The van der Waals surface area contributed by atoms with Crippen molar-refractivity contribution in [3.63, 3.8) is 0 Å². The molecule has 0 saturated heterocycles. The lowest BCUT2D eigenvalue weighted by atomic mass is 10.1. The SMILES string of the molecule is CC(CN)CSCc1c(C(=O)NN)sc2cccc(F)c12. The lowest BCUT2D eigenvalue weighted by molar-refractivity contribution is 0.0957. The summed E-state index contributed by atoms with van der Waals surface area (Å²) in [4.78, 5) is 12.4. The number of hydrazine groups is 1. The minimum Gasteiger partial charge on any atom is -0.330 e. The summed E-state index contributed by atoms with van der Waals surface area (Å²) < 4.78 is 14.9. The van der Waals surface area contributed by atoms with Crippen molar-refractivity contribution in [3.05, 3.63) is 34.5 Å². The Morgan fingerprint density at radius 1 is 1.52 bits per heavy atom. The molecule has 0 aliphatic heterocycles. The molecule has 1 amide bonds. The first-order valence-electron chi connectivity index (χ1n) is 6.57. The number of hydrogen-bond acceptors (Lipinski definition) is 5. The van der Waals surface area contributed by atoms with Gasteiger partial charge in [0.25, 0.3) is 5.91 Å². The van der Waals surface area contributed by atoms with Gasteiger partial charge in [-0.05, 0) is 35.9 Å². The molecule has 0 aliphatic rings. The van der Waals surface area contributed by atoms with E-state index in [-0.39, 0.29) is 11.7 Å². The molecule has 4 nitrogen and oxygen atoms in total. The number of hydrogen-bond donors (Lipinski definition) is 3. The lowest BCUT2D eigenvalue weighted by Gasteiger charge is -2.08. The minimum atomic E-state index is -0.377. The van der Waals surface area contributed by atoms with Gasteiger partial charge in [0.1, 0.15) is 5.82 Å². The number of nitrogens with two attached hydrogens (primary N) is 2. The van der Waals surface area contributed by atoms with E-state index in [1.165, 1.54) is 17.4 Å². The van der Waals surface area contributed by atoms with Crippen molar-refractivity contribution in [1.29, 1.82) is 0 Å². The highest BCUT2D eigenvalue weighted by atomic mass is 32.2. The van der Waals surface area contributed by atoms with Gasteiger partial charge in [-0.25, -0.2) is 10.2 Å². The number of nitrogens with one attached hydrogen (secondary N) is 1. The second kappa shape index (κ2) is 7.22. The lowest BCUT2D eigenvalue weighted by Crippen LogP contribution is -2.29. The maximum absolute atomic E-state index is 14.1. The van der Waals surface area contributed by atoms with Crippen LogP contribution in [0.5, 0.6) is 0 Å². The maximum atomic E-state index is 14.1. The maximum Gasteiger partial charge on any atom is 0.275 e. The standard InChI is InChI=1S/C14H18FN3OS2/c1-8(5-16)6-20-7-9-12-10(15)3-2-4-11(12)21-13(9)14(19)18-17/h2-4,8H,5-7,16-17H2,1H3,(H,18,19). The van der Waals surface area contributed by atoms with E-state index >= 15 is 0 Å². The molecule has 0 aliphatic carbocycles. The molecule has 0 radical (unpaired) electrons. The van der Waals surface area contributed by atoms with E-state index in [0.717, 1.165) is 10.5 Å². The van der Waals surface area contributed by atoms with Crippen molar-refractivity contribution in [2.24, 2.45) is 17.5 Å². The van der Waals surface area contributed by atoms with E-state index in [4.69, 9.17) is 11.6 Å². The van der Waals surface area contributed by atoms with Gasteiger partial charge in [0.05, 0.1) is 4.88 Å². The molecule has 0 saturated carbocycles. The zero-order valence-corrected chi connectivity index (χ0v) is 13.3. The fraction of sp³-hybridized carbons (Fsp3) is 0.357. The number of thiophene rings is 1. The summed E-state index contributed by atoms with van der Waals surface area (Å²) in [5.74, 6) is 6.36. The predicted octanol–water partition coefficient (Wildman–Crippen LogP) is 2.47. The molecule has 2 aromatic rings. The molecule has 1 aromatic heterocycles. The molecule has 2 rings (SSSR count). The monoisotopic (exact) mass is 327 g/mol. The van der Waals surface area contributed by atoms with Crippen LogP contribution in [0.3, 0.4) is 0 Å². The molecule has 1 aromatic carbocycles.